The molecular formula is C35H45N3O5S. The van der Waals surface area contributed by atoms with E-state index in [-0.39, 0.29) is 29.1 Å². The number of carbonyl (C=O) groups is 2. The molecule has 44 heavy (non-hydrogen) atoms. The Kier molecular flexibility index (Phi) is 11.4. The van der Waals surface area contributed by atoms with Crippen molar-refractivity contribution in [1.29, 1.82) is 0 Å². The summed E-state index contributed by atoms with van der Waals surface area (Å²) in [5.74, 6) is -0.323. The highest BCUT2D eigenvalue weighted by Gasteiger charge is 2.35. The highest BCUT2D eigenvalue weighted by Crippen LogP contribution is 2.33. The highest BCUT2D eigenvalue weighted by atomic mass is 32.2. The highest BCUT2D eigenvalue weighted by molar-refractivity contribution is 7.92. The number of ether oxygens (including phenoxy) is 1. The molecule has 0 bridgehead atoms. The fraction of sp³-hybridized carbons (Fsp3) is 0.429. The number of carbonyl (C=O) groups excluding carboxylic acids is 2. The summed E-state index contributed by atoms with van der Waals surface area (Å²) in [6, 6.07) is 20.4. The number of nitrogens with zero attached hydrogens (tertiary/aromatic N) is 2. The Bertz CT molecular complexity index is 1520. The number of rotatable bonds is 13. The van der Waals surface area contributed by atoms with Gasteiger partial charge in [-0.2, -0.15) is 0 Å². The predicted octanol–water partition coefficient (Wildman–Crippen LogP) is 6.15. The molecule has 0 radical (unpaired) electrons. The first-order valence-electron chi connectivity index (χ1n) is 15.6. The van der Waals surface area contributed by atoms with Crippen molar-refractivity contribution in [2.45, 2.75) is 89.7 Å². The number of benzene rings is 3. The van der Waals surface area contributed by atoms with E-state index in [0.29, 0.717) is 18.8 Å². The van der Waals surface area contributed by atoms with Crippen molar-refractivity contribution >= 4 is 27.5 Å². The number of amides is 2. The first kappa shape index (κ1) is 33.1. The van der Waals surface area contributed by atoms with Crippen LogP contribution in [0.5, 0.6) is 5.75 Å². The average Bonchev–Trinajstić information content (AvgIpc) is 3.02. The summed E-state index contributed by atoms with van der Waals surface area (Å²) in [6.07, 6.45) is 5.53. The van der Waals surface area contributed by atoms with E-state index in [9.17, 15) is 18.0 Å². The summed E-state index contributed by atoms with van der Waals surface area (Å²) < 4.78 is 35.4. The van der Waals surface area contributed by atoms with Crippen LogP contribution in [0.15, 0.2) is 77.7 Å². The Hall–Kier alpha value is -3.85. The van der Waals surface area contributed by atoms with Crippen molar-refractivity contribution in [3.63, 3.8) is 0 Å². The summed E-state index contributed by atoms with van der Waals surface area (Å²) in [4.78, 5) is 29.8. The molecule has 0 aromatic heterocycles. The molecule has 1 saturated carbocycles. The number of hydrogen-bond donors (Lipinski definition) is 1. The van der Waals surface area contributed by atoms with Crippen LogP contribution in [0.4, 0.5) is 5.69 Å². The van der Waals surface area contributed by atoms with Gasteiger partial charge in [0.1, 0.15) is 18.3 Å². The van der Waals surface area contributed by atoms with Gasteiger partial charge in [0.25, 0.3) is 10.0 Å². The lowest BCUT2D eigenvalue weighted by Crippen LogP contribution is -2.54. The van der Waals surface area contributed by atoms with Gasteiger partial charge in [-0.25, -0.2) is 8.42 Å². The minimum Gasteiger partial charge on any atom is -0.492 e. The van der Waals surface area contributed by atoms with Crippen LogP contribution >= 0.6 is 0 Å². The summed E-state index contributed by atoms with van der Waals surface area (Å²) in [7, 11) is -4.19. The normalized spacial score (nSPS) is 14.5. The fourth-order valence-corrected chi connectivity index (χ4v) is 7.15. The van der Waals surface area contributed by atoms with Gasteiger partial charge in [0, 0.05) is 12.6 Å². The fourth-order valence-electron chi connectivity index (χ4n) is 5.73. The maximum Gasteiger partial charge on any atom is 0.264 e. The van der Waals surface area contributed by atoms with Crippen LogP contribution in [0.25, 0.3) is 0 Å². The topological polar surface area (TPSA) is 96.0 Å². The Morgan fingerprint density at radius 3 is 2.23 bits per heavy atom. The van der Waals surface area contributed by atoms with Gasteiger partial charge in [-0.15, -0.1) is 0 Å². The zero-order chi connectivity index (χ0) is 31.7. The summed E-state index contributed by atoms with van der Waals surface area (Å²) in [6.45, 7) is 7.55. The summed E-state index contributed by atoms with van der Waals surface area (Å²) in [5.41, 5.74) is 3.06. The van der Waals surface area contributed by atoms with E-state index in [1.165, 1.54) is 0 Å². The van der Waals surface area contributed by atoms with Crippen LogP contribution in [0.2, 0.25) is 0 Å². The molecule has 1 fully saturated rings. The van der Waals surface area contributed by atoms with Crippen molar-refractivity contribution in [3.05, 3.63) is 89.5 Å². The number of para-hydroxylation sites is 2. The van der Waals surface area contributed by atoms with E-state index in [0.717, 1.165) is 53.1 Å². The predicted molar refractivity (Wildman–Crippen MR) is 174 cm³/mol. The molecule has 0 unspecified atom stereocenters. The zero-order valence-electron chi connectivity index (χ0n) is 26.3. The maximum absolute atomic E-state index is 14.4. The number of hydrogen-bond acceptors (Lipinski definition) is 5. The van der Waals surface area contributed by atoms with Gasteiger partial charge in [-0.05, 0) is 75.4 Å². The molecule has 2 amide bonds. The van der Waals surface area contributed by atoms with Crippen molar-refractivity contribution < 1.29 is 22.7 Å². The maximum atomic E-state index is 14.4. The minimum absolute atomic E-state index is 0.0646. The largest absolute Gasteiger partial charge is 0.492 e. The molecule has 0 aliphatic heterocycles. The third-order valence-electron chi connectivity index (χ3n) is 8.26. The summed E-state index contributed by atoms with van der Waals surface area (Å²) in [5, 5.41) is 3.19. The Labute approximate surface area is 262 Å². The first-order chi connectivity index (χ1) is 21.1. The van der Waals surface area contributed by atoms with Crippen LogP contribution in [0.3, 0.4) is 0 Å². The molecule has 1 N–H and O–H groups in total. The van der Waals surface area contributed by atoms with E-state index in [1.54, 1.807) is 53.4 Å². The van der Waals surface area contributed by atoms with Gasteiger partial charge in [0.2, 0.25) is 11.8 Å². The lowest BCUT2D eigenvalue weighted by atomic mass is 9.95. The molecule has 4 rings (SSSR count). The quantitative estimate of drug-likeness (QED) is 0.248. The van der Waals surface area contributed by atoms with Gasteiger partial charge >= 0.3 is 0 Å². The SMILES string of the molecule is CCOc1ccccc1N(CC(=O)N(Cc1ccccc1C)[C@H](CC)C(=O)NC1CCCCC1)S(=O)(=O)c1ccc(C)cc1. The van der Waals surface area contributed by atoms with Crippen molar-refractivity contribution in [2.75, 3.05) is 17.5 Å². The van der Waals surface area contributed by atoms with Gasteiger partial charge < -0.3 is 15.0 Å². The molecule has 0 heterocycles. The van der Waals surface area contributed by atoms with Crippen molar-refractivity contribution in [2.24, 2.45) is 0 Å². The van der Waals surface area contributed by atoms with E-state index in [1.807, 2.05) is 52.0 Å². The van der Waals surface area contributed by atoms with Crippen LogP contribution in [-0.2, 0) is 26.2 Å². The number of nitrogens with one attached hydrogen (secondary N) is 1. The molecule has 1 aliphatic rings. The minimum atomic E-state index is -4.19. The van der Waals surface area contributed by atoms with Crippen LogP contribution in [0.1, 0.15) is 69.1 Å². The third kappa shape index (κ3) is 8.00. The van der Waals surface area contributed by atoms with Gasteiger partial charge in [0.15, 0.2) is 0 Å². The van der Waals surface area contributed by atoms with Gasteiger partial charge in [0.05, 0.1) is 17.2 Å². The molecule has 3 aromatic rings. The molecule has 1 atom stereocenters. The van der Waals surface area contributed by atoms with E-state index >= 15 is 0 Å². The van der Waals surface area contributed by atoms with Crippen LogP contribution in [0, 0.1) is 13.8 Å². The monoisotopic (exact) mass is 619 g/mol. The molecule has 0 saturated heterocycles. The second-order valence-corrected chi connectivity index (χ2v) is 13.3. The molecule has 0 spiro atoms. The number of sulfonamides is 1. The second kappa shape index (κ2) is 15.2. The Morgan fingerprint density at radius 2 is 1.57 bits per heavy atom. The van der Waals surface area contributed by atoms with Crippen molar-refractivity contribution in [3.8, 4) is 5.75 Å². The van der Waals surface area contributed by atoms with Crippen molar-refractivity contribution in [1.82, 2.24) is 10.2 Å². The third-order valence-corrected chi connectivity index (χ3v) is 10.0. The Balaban J connectivity index is 1.75. The average molecular weight is 620 g/mol. The van der Waals surface area contributed by atoms with E-state index < -0.39 is 28.5 Å². The Morgan fingerprint density at radius 1 is 0.909 bits per heavy atom. The van der Waals surface area contributed by atoms with Crippen LogP contribution < -0.4 is 14.4 Å². The summed E-state index contributed by atoms with van der Waals surface area (Å²) >= 11 is 0. The van der Waals surface area contributed by atoms with E-state index in [4.69, 9.17) is 4.74 Å². The lowest BCUT2D eigenvalue weighted by Gasteiger charge is -2.35. The number of anilines is 1. The lowest BCUT2D eigenvalue weighted by molar-refractivity contribution is -0.140. The molecule has 236 valence electrons. The molecule has 3 aromatic carbocycles. The van der Waals surface area contributed by atoms with Gasteiger partial charge in [-0.3, -0.25) is 13.9 Å². The second-order valence-electron chi connectivity index (χ2n) is 11.4. The molecule has 9 heteroatoms. The van der Waals surface area contributed by atoms with E-state index in [2.05, 4.69) is 5.32 Å². The first-order valence-corrected chi connectivity index (χ1v) is 17.0. The smallest absolute Gasteiger partial charge is 0.264 e. The standard InChI is InChI=1S/C35H45N3O5S/c1-5-31(35(40)36-29-16-8-7-9-17-29)37(24-28-15-11-10-14-27(28)4)34(39)25-38(32-18-12-13-19-33(32)43-6-2)44(41,42)30-22-20-26(3)21-23-30/h10-15,18-23,29,31H,5-9,16-17,24-25H2,1-4H3,(H,36,40)/t31-/m1/s1. The number of aryl methyl sites for hydroxylation is 2. The molecule has 1 aliphatic carbocycles. The van der Waals surface area contributed by atoms with Crippen LogP contribution in [-0.4, -0.2) is 50.4 Å². The molecular weight excluding hydrogens is 574 g/mol. The zero-order valence-corrected chi connectivity index (χ0v) is 27.1. The molecule has 8 nitrogen and oxygen atoms in total. The van der Waals surface area contributed by atoms with Gasteiger partial charge in [-0.1, -0.05) is 80.3 Å².